The van der Waals surface area contributed by atoms with Crippen molar-refractivity contribution >= 4 is 11.6 Å². The van der Waals surface area contributed by atoms with Crippen LogP contribution in [0.3, 0.4) is 0 Å². The molecule has 0 saturated heterocycles. The van der Waals surface area contributed by atoms with Crippen LogP contribution >= 0.6 is 11.6 Å². The third kappa shape index (κ3) is 2.65. The minimum Gasteiger partial charge on any atom is -0.382 e. The van der Waals surface area contributed by atoms with Crippen LogP contribution in [0.25, 0.3) is 0 Å². The molecule has 0 aliphatic carbocycles. The van der Waals surface area contributed by atoms with Gasteiger partial charge in [-0.3, -0.25) is 4.68 Å². The number of hydrogen-bond acceptors (Lipinski definition) is 2. The molecule has 1 aromatic carbocycles. The second kappa shape index (κ2) is 5.31. The number of aromatic nitrogens is 2. The second-order valence-corrected chi connectivity index (χ2v) is 5.23. The molecular formula is C14H16ClFN2O. The summed E-state index contributed by atoms with van der Waals surface area (Å²) < 4.78 is 15.2. The highest BCUT2D eigenvalue weighted by Crippen LogP contribution is 2.30. The van der Waals surface area contributed by atoms with Crippen molar-refractivity contribution in [3.8, 4) is 0 Å². The predicted octanol–water partition coefficient (Wildman–Crippen LogP) is 3.65. The zero-order valence-electron chi connectivity index (χ0n) is 11.1. The average Bonchev–Trinajstić information content (AvgIpc) is 2.74. The van der Waals surface area contributed by atoms with Gasteiger partial charge in [0, 0.05) is 6.04 Å². The Morgan fingerprint density at radius 1 is 1.37 bits per heavy atom. The molecule has 0 amide bonds. The first kappa shape index (κ1) is 14.0. The minimum absolute atomic E-state index is 0.0624. The number of aliphatic hydroxyl groups is 1. The largest absolute Gasteiger partial charge is 0.382 e. The molecule has 1 N–H and O–H groups in total. The van der Waals surface area contributed by atoms with Gasteiger partial charge < -0.3 is 5.11 Å². The topological polar surface area (TPSA) is 38.1 Å². The van der Waals surface area contributed by atoms with Gasteiger partial charge in [-0.25, -0.2) is 4.39 Å². The van der Waals surface area contributed by atoms with Gasteiger partial charge in [-0.2, -0.15) is 5.10 Å². The number of nitrogens with zero attached hydrogens (tertiary/aromatic N) is 2. The first-order valence-corrected chi connectivity index (χ1v) is 6.46. The van der Waals surface area contributed by atoms with E-state index < -0.39 is 6.10 Å². The first-order chi connectivity index (χ1) is 8.91. The maximum atomic E-state index is 13.6. The molecule has 0 saturated carbocycles. The molecule has 3 nitrogen and oxygen atoms in total. The molecule has 0 fully saturated rings. The van der Waals surface area contributed by atoms with Crippen molar-refractivity contribution < 1.29 is 9.50 Å². The van der Waals surface area contributed by atoms with Crippen LogP contribution in [0.15, 0.2) is 24.4 Å². The van der Waals surface area contributed by atoms with Gasteiger partial charge in [0.1, 0.15) is 11.9 Å². The number of aryl methyl sites for hydroxylation is 1. The normalized spacial score (nSPS) is 13.0. The lowest BCUT2D eigenvalue weighted by molar-refractivity contribution is 0.204. The molecule has 0 spiro atoms. The number of hydrogen-bond donors (Lipinski definition) is 1. The number of rotatable bonds is 3. The molecule has 5 heteroatoms. The lowest BCUT2D eigenvalue weighted by Gasteiger charge is -2.17. The van der Waals surface area contributed by atoms with Crippen LogP contribution in [0.1, 0.15) is 42.8 Å². The Kier molecular flexibility index (Phi) is 3.92. The van der Waals surface area contributed by atoms with Gasteiger partial charge in [0.25, 0.3) is 0 Å². The van der Waals surface area contributed by atoms with Gasteiger partial charge in [-0.15, -0.1) is 0 Å². The van der Waals surface area contributed by atoms with Gasteiger partial charge >= 0.3 is 0 Å². The van der Waals surface area contributed by atoms with E-state index in [2.05, 4.69) is 5.10 Å². The number of aliphatic hydroxyl groups excluding tert-OH is 1. The van der Waals surface area contributed by atoms with E-state index in [0.29, 0.717) is 21.8 Å². The zero-order valence-corrected chi connectivity index (χ0v) is 11.8. The van der Waals surface area contributed by atoms with Gasteiger partial charge in [0.15, 0.2) is 0 Å². The van der Waals surface area contributed by atoms with Crippen molar-refractivity contribution in [2.75, 3.05) is 0 Å². The Hall–Kier alpha value is -1.39. The molecule has 1 heterocycles. The van der Waals surface area contributed by atoms with Crippen molar-refractivity contribution in [3.63, 3.8) is 0 Å². The Morgan fingerprint density at radius 2 is 2.05 bits per heavy atom. The predicted molar refractivity (Wildman–Crippen MR) is 72.8 cm³/mol. The molecule has 2 aromatic rings. The van der Waals surface area contributed by atoms with Crippen molar-refractivity contribution in [3.05, 3.63) is 52.1 Å². The number of halogens is 2. The molecule has 0 radical (unpaired) electrons. The Labute approximate surface area is 116 Å². The van der Waals surface area contributed by atoms with Crippen molar-refractivity contribution in [2.24, 2.45) is 0 Å². The van der Waals surface area contributed by atoms with Crippen LogP contribution in [0.4, 0.5) is 4.39 Å². The zero-order chi connectivity index (χ0) is 14.2. The summed E-state index contributed by atoms with van der Waals surface area (Å²) >= 11 is 6.07. The maximum absolute atomic E-state index is 13.6. The van der Waals surface area contributed by atoms with E-state index in [1.807, 2.05) is 13.8 Å². The van der Waals surface area contributed by atoms with Gasteiger partial charge in [-0.1, -0.05) is 23.7 Å². The average molecular weight is 283 g/mol. The summed E-state index contributed by atoms with van der Waals surface area (Å²) in [6, 6.07) is 4.72. The highest BCUT2D eigenvalue weighted by atomic mass is 35.5. The van der Waals surface area contributed by atoms with E-state index in [9.17, 15) is 9.50 Å². The third-order valence-electron chi connectivity index (χ3n) is 3.05. The van der Waals surface area contributed by atoms with Crippen molar-refractivity contribution in [2.45, 2.75) is 32.9 Å². The molecule has 2 rings (SSSR count). The quantitative estimate of drug-likeness (QED) is 0.933. The van der Waals surface area contributed by atoms with Crippen LogP contribution in [0.5, 0.6) is 0 Å². The van der Waals surface area contributed by atoms with Crippen molar-refractivity contribution in [1.29, 1.82) is 0 Å². The molecular weight excluding hydrogens is 267 g/mol. The molecule has 19 heavy (non-hydrogen) atoms. The lowest BCUT2D eigenvalue weighted by atomic mass is 10.0. The monoisotopic (exact) mass is 282 g/mol. The fourth-order valence-corrected chi connectivity index (χ4v) is 2.19. The summed E-state index contributed by atoms with van der Waals surface area (Å²) in [6.45, 7) is 5.56. The summed E-state index contributed by atoms with van der Waals surface area (Å²) in [5.74, 6) is -0.344. The van der Waals surface area contributed by atoms with Crippen LogP contribution in [0.2, 0.25) is 5.02 Å². The molecule has 1 atom stereocenters. The Bertz CT molecular complexity index is 595. The van der Waals surface area contributed by atoms with E-state index in [-0.39, 0.29) is 11.9 Å². The number of benzene rings is 1. The highest BCUT2D eigenvalue weighted by molar-refractivity contribution is 6.31. The fourth-order valence-electron chi connectivity index (χ4n) is 1.96. The molecule has 1 aromatic heterocycles. The van der Waals surface area contributed by atoms with E-state index in [4.69, 9.17) is 11.6 Å². The molecule has 0 aliphatic rings. The van der Waals surface area contributed by atoms with E-state index >= 15 is 0 Å². The third-order valence-corrected chi connectivity index (χ3v) is 3.34. The maximum Gasteiger partial charge on any atom is 0.126 e. The lowest BCUT2D eigenvalue weighted by Crippen LogP contribution is -2.12. The summed E-state index contributed by atoms with van der Waals surface area (Å²) in [5.41, 5.74) is 1.49. The van der Waals surface area contributed by atoms with E-state index in [1.165, 1.54) is 12.3 Å². The van der Waals surface area contributed by atoms with Crippen LogP contribution in [-0.4, -0.2) is 14.9 Å². The SMILES string of the molecule is Cc1ccc(C(O)c2c(Cl)cnn2C(C)C)cc1F. The molecule has 0 aliphatic heterocycles. The van der Waals surface area contributed by atoms with Gasteiger partial charge in [0.2, 0.25) is 0 Å². The van der Waals surface area contributed by atoms with Crippen molar-refractivity contribution in [1.82, 2.24) is 9.78 Å². The minimum atomic E-state index is -0.993. The summed E-state index contributed by atoms with van der Waals surface area (Å²) in [5, 5.41) is 14.9. The Morgan fingerprint density at radius 3 is 2.63 bits per heavy atom. The van der Waals surface area contributed by atoms with Crippen LogP contribution in [-0.2, 0) is 0 Å². The smallest absolute Gasteiger partial charge is 0.126 e. The fraction of sp³-hybridized carbons (Fsp3) is 0.357. The van der Waals surface area contributed by atoms with E-state index in [0.717, 1.165) is 0 Å². The summed E-state index contributed by atoms with van der Waals surface area (Å²) in [4.78, 5) is 0. The first-order valence-electron chi connectivity index (χ1n) is 6.08. The highest BCUT2D eigenvalue weighted by Gasteiger charge is 2.21. The summed E-state index contributed by atoms with van der Waals surface area (Å²) in [7, 11) is 0. The summed E-state index contributed by atoms with van der Waals surface area (Å²) in [6.07, 6.45) is 0.498. The Balaban J connectivity index is 2.46. The van der Waals surface area contributed by atoms with Gasteiger partial charge in [-0.05, 0) is 38.0 Å². The van der Waals surface area contributed by atoms with Gasteiger partial charge in [0.05, 0.1) is 16.9 Å². The standard InChI is InChI=1S/C14H16ClFN2O/c1-8(2)18-13(11(15)7-17-18)14(19)10-5-4-9(3)12(16)6-10/h4-8,14,19H,1-3H3. The molecule has 0 bridgehead atoms. The van der Waals surface area contributed by atoms with E-state index in [1.54, 1.807) is 23.7 Å². The molecule has 1 unspecified atom stereocenters. The van der Waals surface area contributed by atoms with Crippen LogP contribution in [0, 0.1) is 12.7 Å². The second-order valence-electron chi connectivity index (χ2n) is 4.83. The molecule has 102 valence electrons. The van der Waals surface area contributed by atoms with Crippen LogP contribution < -0.4 is 0 Å².